The van der Waals surface area contributed by atoms with Crippen LogP contribution in [-0.2, 0) is 6.54 Å². The number of tetrazole rings is 1. The van der Waals surface area contributed by atoms with E-state index in [9.17, 15) is 4.79 Å². The van der Waals surface area contributed by atoms with E-state index >= 15 is 0 Å². The summed E-state index contributed by atoms with van der Waals surface area (Å²) in [5.74, 6) is 0.170. The highest BCUT2D eigenvalue weighted by molar-refractivity contribution is 6.31. The van der Waals surface area contributed by atoms with Crippen LogP contribution in [0.5, 0.6) is 0 Å². The van der Waals surface area contributed by atoms with Gasteiger partial charge in [0.15, 0.2) is 0 Å². The van der Waals surface area contributed by atoms with Crippen molar-refractivity contribution < 1.29 is 4.79 Å². The fourth-order valence-corrected chi connectivity index (χ4v) is 3.40. The van der Waals surface area contributed by atoms with E-state index in [1.807, 2.05) is 30.3 Å². The van der Waals surface area contributed by atoms with Gasteiger partial charge < -0.3 is 9.88 Å². The normalized spacial score (nSPS) is 11.1. The van der Waals surface area contributed by atoms with Crippen LogP contribution in [-0.4, -0.2) is 31.1 Å². The molecule has 0 bridgehead atoms. The zero-order valence-electron chi connectivity index (χ0n) is 15.3. The Balaban J connectivity index is 1.72. The van der Waals surface area contributed by atoms with Crippen molar-refractivity contribution in [1.29, 1.82) is 0 Å². The highest BCUT2D eigenvalue weighted by atomic mass is 35.5. The molecule has 0 unspecified atom stereocenters. The lowest BCUT2D eigenvalue weighted by Crippen LogP contribution is -2.17. The number of nitrogens with zero attached hydrogens (tertiary/aromatic N) is 4. The lowest BCUT2D eigenvalue weighted by atomic mass is 10.1. The summed E-state index contributed by atoms with van der Waals surface area (Å²) in [5, 5.41) is 18.5. The Kier molecular flexibility index (Phi) is 5.08. The van der Waals surface area contributed by atoms with Gasteiger partial charge in [-0.2, -0.15) is 5.21 Å². The third-order valence-electron chi connectivity index (χ3n) is 4.59. The monoisotopic (exact) mass is 394 g/mol. The van der Waals surface area contributed by atoms with E-state index in [4.69, 9.17) is 11.6 Å². The fraction of sp³-hybridized carbons (Fsp3) is 0.200. The fourth-order valence-electron chi connectivity index (χ4n) is 3.23. The van der Waals surface area contributed by atoms with Gasteiger partial charge in [-0.15, -0.1) is 10.2 Å². The number of fused-ring (bicyclic) bond motifs is 1. The maximum atomic E-state index is 13.1. The number of unbranched alkanes of at least 4 members (excludes halogenated alkanes) is 1. The number of halogens is 1. The molecular weight excluding hydrogens is 376 g/mol. The Hall–Kier alpha value is -3.19. The van der Waals surface area contributed by atoms with Gasteiger partial charge in [0.1, 0.15) is 5.69 Å². The van der Waals surface area contributed by atoms with Crippen molar-refractivity contribution in [3.05, 3.63) is 59.2 Å². The first-order valence-electron chi connectivity index (χ1n) is 9.10. The Labute approximate surface area is 166 Å². The quantitative estimate of drug-likeness (QED) is 0.503. The van der Waals surface area contributed by atoms with Crippen molar-refractivity contribution in [3.8, 4) is 11.4 Å². The summed E-state index contributed by atoms with van der Waals surface area (Å²) in [5.41, 5.74) is 2.84. The number of H-pyrrole nitrogens is 1. The van der Waals surface area contributed by atoms with Crippen LogP contribution in [0.4, 0.5) is 5.69 Å². The molecule has 0 aliphatic rings. The second kappa shape index (κ2) is 7.82. The molecule has 0 aliphatic carbocycles. The van der Waals surface area contributed by atoms with Crippen LogP contribution >= 0.6 is 11.6 Å². The molecule has 0 saturated heterocycles. The molecule has 4 rings (SSSR count). The first kappa shape index (κ1) is 18.2. The van der Waals surface area contributed by atoms with Crippen molar-refractivity contribution in [2.45, 2.75) is 26.3 Å². The highest BCUT2D eigenvalue weighted by Crippen LogP contribution is 2.29. The van der Waals surface area contributed by atoms with Crippen LogP contribution in [0.15, 0.2) is 48.5 Å². The number of para-hydroxylation sites is 1. The average Bonchev–Trinajstić information content (AvgIpc) is 3.35. The summed E-state index contributed by atoms with van der Waals surface area (Å²) in [7, 11) is 0. The summed E-state index contributed by atoms with van der Waals surface area (Å²) in [6, 6.07) is 15.1. The van der Waals surface area contributed by atoms with Crippen molar-refractivity contribution in [2.24, 2.45) is 0 Å². The first-order valence-corrected chi connectivity index (χ1v) is 9.48. The van der Waals surface area contributed by atoms with E-state index in [1.54, 1.807) is 18.2 Å². The maximum absolute atomic E-state index is 13.1. The predicted octanol–water partition coefficient (Wildman–Crippen LogP) is 4.53. The van der Waals surface area contributed by atoms with Gasteiger partial charge in [0, 0.05) is 28.0 Å². The van der Waals surface area contributed by atoms with E-state index in [-0.39, 0.29) is 5.91 Å². The van der Waals surface area contributed by atoms with Gasteiger partial charge in [-0.25, -0.2) is 0 Å². The first-order chi connectivity index (χ1) is 13.7. The minimum atomic E-state index is -0.195. The Morgan fingerprint density at radius 1 is 1.21 bits per heavy atom. The number of carbonyl (C=O) groups is 1. The van der Waals surface area contributed by atoms with Gasteiger partial charge in [-0.3, -0.25) is 4.79 Å². The molecule has 0 spiro atoms. The Morgan fingerprint density at radius 2 is 2.07 bits per heavy atom. The van der Waals surface area contributed by atoms with Gasteiger partial charge in [-0.05, 0) is 42.0 Å². The summed E-state index contributed by atoms with van der Waals surface area (Å²) in [6.45, 7) is 2.92. The van der Waals surface area contributed by atoms with Gasteiger partial charge in [-0.1, -0.05) is 43.1 Å². The summed E-state index contributed by atoms with van der Waals surface area (Å²) in [4.78, 5) is 13.1. The second-order valence-electron chi connectivity index (χ2n) is 6.47. The molecule has 8 heteroatoms. The van der Waals surface area contributed by atoms with Crippen LogP contribution in [0.25, 0.3) is 22.3 Å². The number of carbonyl (C=O) groups excluding carboxylic acids is 1. The number of hydrogen-bond acceptors (Lipinski definition) is 4. The van der Waals surface area contributed by atoms with Crippen molar-refractivity contribution in [2.75, 3.05) is 5.32 Å². The molecule has 0 saturated carbocycles. The maximum Gasteiger partial charge on any atom is 0.272 e. The molecule has 2 aromatic carbocycles. The molecule has 0 aliphatic heterocycles. The van der Waals surface area contributed by atoms with E-state index < -0.39 is 0 Å². The van der Waals surface area contributed by atoms with Crippen molar-refractivity contribution >= 4 is 34.1 Å². The lowest BCUT2D eigenvalue weighted by molar-refractivity contribution is 0.101. The van der Waals surface area contributed by atoms with Gasteiger partial charge in [0.2, 0.25) is 5.82 Å². The van der Waals surface area contributed by atoms with Gasteiger partial charge in [0.25, 0.3) is 5.91 Å². The molecule has 7 nitrogen and oxygen atoms in total. The molecule has 142 valence electrons. The van der Waals surface area contributed by atoms with Crippen LogP contribution in [0.1, 0.15) is 30.3 Å². The third-order valence-corrected chi connectivity index (χ3v) is 4.83. The molecule has 2 heterocycles. The Bertz CT molecular complexity index is 1120. The molecule has 2 N–H and O–H groups in total. The summed E-state index contributed by atoms with van der Waals surface area (Å²) >= 11 is 6.12. The van der Waals surface area contributed by atoms with Crippen molar-refractivity contribution in [1.82, 2.24) is 25.2 Å². The van der Waals surface area contributed by atoms with Gasteiger partial charge in [0.05, 0.1) is 5.69 Å². The minimum Gasteiger partial charge on any atom is -0.336 e. The standard InChI is InChI=1S/C20H19ClN6O/c1-2-3-10-27-17-7-5-4-6-13(17)11-18(27)20(28)22-16-9-8-14(21)12-15(16)19-23-25-26-24-19/h4-9,11-12H,2-3,10H2,1H3,(H,22,28)(H,23,24,25,26). The molecule has 2 aromatic heterocycles. The summed E-state index contributed by atoms with van der Waals surface area (Å²) < 4.78 is 2.07. The van der Waals surface area contributed by atoms with E-state index in [0.717, 1.165) is 30.3 Å². The molecule has 4 aromatic rings. The van der Waals surface area contributed by atoms with E-state index in [2.05, 4.69) is 37.4 Å². The molecule has 0 atom stereocenters. The predicted molar refractivity (Wildman–Crippen MR) is 109 cm³/mol. The SMILES string of the molecule is CCCCn1c(C(=O)Nc2ccc(Cl)cc2-c2nn[nH]n2)cc2ccccc21. The number of anilines is 1. The third kappa shape index (κ3) is 3.48. The van der Waals surface area contributed by atoms with Crippen LogP contribution in [0, 0.1) is 0 Å². The molecule has 0 radical (unpaired) electrons. The number of aromatic amines is 1. The smallest absolute Gasteiger partial charge is 0.272 e. The number of rotatable bonds is 6. The lowest BCUT2D eigenvalue weighted by Gasteiger charge is -2.12. The molecule has 1 amide bonds. The highest BCUT2D eigenvalue weighted by Gasteiger charge is 2.18. The summed E-state index contributed by atoms with van der Waals surface area (Å²) in [6.07, 6.45) is 2.04. The van der Waals surface area contributed by atoms with E-state index in [1.165, 1.54) is 0 Å². The number of nitrogens with one attached hydrogen (secondary N) is 2. The number of amides is 1. The topological polar surface area (TPSA) is 88.5 Å². The molecule has 0 fully saturated rings. The zero-order valence-corrected chi connectivity index (χ0v) is 16.1. The van der Waals surface area contributed by atoms with Gasteiger partial charge >= 0.3 is 0 Å². The molecular formula is C20H19ClN6O. The van der Waals surface area contributed by atoms with Crippen LogP contribution in [0.2, 0.25) is 5.02 Å². The van der Waals surface area contributed by atoms with Crippen LogP contribution in [0.3, 0.4) is 0 Å². The number of aromatic nitrogens is 5. The number of hydrogen-bond donors (Lipinski definition) is 2. The Morgan fingerprint density at radius 3 is 2.86 bits per heavy atom. The number of aryl methyl sites for hydroxylation is 1. The second-order valence-corrected chi connectivity index (χ2v) is 6.91. The minimum absolute atomic E-state index is 0.195. The van der Waals surface area contributed by atoms with Crippen LogP contribution < -0.4 is 5.32 Å². The largest absolute Gasteiger partial charge is 0.336 e. The van der Waals surface area contributed by atoms with E-state index in [0.29, 0.717) is 27.8 Å². The molecule has 28 heavy (non-hydrogen) atoms. The average molecular weight is 395 g/mol. The zero-order chi connectivity index (χ0) is 19.5. The number of benzene rings is 2. The van der Waals surface area contributed by atoms with Crippen molar-refractivity contribution in [3.63, 3.8) is 0 Å².